The van der Waals surface area contributed by atoms with Crippen molar-refractivity contribution in [2.24, 2.45) is 12.5 Å². The second-order valence-electron chi connectivity index (χ2n) is 9.60. The average Bonchev–Trinajstić information content (AvgIpc) is 3.47. The Kier molecular flexibility index (Phi) is 11.1. The molecule has 2 fully saturated rings. The topological polar surface area (TPSA) is 116 Å². The molecule has 4 heterocycles. The first-order valence-electron chi connectivity index (χ1n) is 12.1. The molecule has 0 unspecified atom stereocenters. The van der Waals surface area contributed by atoms with Crippen LogP contribution in [0.25, 0.3) is 0 Å². The van der Waals surface area contributed by atoms with Gasteiger partial charge in [-0.3, -0.25) is 14.7 Å². The van der Waals surface area contributed by atoms with Gasteiger partial charge in [-0.05, 0) is 61.5 Å². The van der Waals surface area contributed by atoms with Gasteiger partial charge in [0.1, 0.15) is 0 Å². The van der Waals surface area contributed by atoms with Crippen molar-refractivity contribution in [3.63, 3.8) is 0 Å². The number of hydrogen-bond donors (Lipinski definition) is 2. The van der Waals surface area contributed by atoms with Crippen LogP contribution >= 0.6 is 0 Å². The van der Waals surface area contributed by atoms with Crippen LogP contribution in [0.4, 0.5) is 26.3 Å². The molecule has 1 amide bonds. The molecule has 2 aromatic rings. The third-order valence-electron chi connectivity index (χ3n) is 6.71. The second kappa shape index (κ2) is 13.6. The summed E-state index contributed by atoms with van der Waals surface area (Å²) < 4.78 is 65.7. The van der Waals surface area contributed by atoms with E-state index < -0.39 is 24.3 Å². The lowest BCUT2D eigenvalue weighted by atomic mass is 9.78. The normalized spacial score (nSPS) is 16.9. The molecule has 4 rings (SSSR count). The summed E-state index contributed by atoms with van der Waals surface area (Å²) in [5.41, 5.74) is 2.73. The molecule has 0 atom stereocenters. The highest BCUT2D eigenvalue weighted by atomic mass is 19.4. The first kappa shape index (κ1) is 32.6. The van der Waals surface area contributed by atoms with Gasteiger partial charge in [0, 0.05) is 51.0 Å². The second-order valence-corrected chi connectivity index (χ2v) is 9.60. The predicted molar refractivity (Wildman–Crippen MR) is 129 cm³/mol. The first-order valence-corrected chi connectivity index (χ1v) is 12.1. The molecule has 0 bridgehead atoms. The van der Waals surface area contributed by atoms with Crippen LogP contribution in [-0.2, 0) is 34.4 Å². The number of carbonyl (C=O) groups excluding carboxylic acids is 1. The number of amides is 1. The van der Waals surface area contributed by atoms with E-state index in [1.54, 1.807) is 12.4 Å². The van der Waals surface area contributed by atoms with Gasteiger partial charge in [0.15, 0.2) is 0 Å². The minimum atomic E-state index is -5.08. The zero-order valence-corrected chi connectivity index (χ0v) is 21.6. The van der Waals surface area contributed by atoms with Gasteiger partial charge in [-0.15, -0.1) is 0 Å². The van der Waals surface area contributed by atoms with Gasteiger partial charge in [0.2, 0.25) is 5.91 Å². The van der Waals surface area contributed by atoms with Gasteiger partial charge >= 0.3 is 24.3 Å². The van der Waals surface area contributed by atoms with E-state index in [0.717, 1.165) is 44.7 Å². The molecule has 0 radical (unpaired) electrons. The Balaban J connectivity index is 0.000000333. The lowest BCUT2D eigenvalue weighted by Gasteiger charge is -2.39. The molecule has 9 nitrogen and oxygen atoms in total. The Morgan fingerprint density at radius 2 is 1.48 bits per heavy atom. The predicted octanol–water partition coefficient (Wildman–Crippen LogP) is 3.74. The Labute approximate surface area is 226 Å². The standard InChI is InChI=1S/C21H28N4O.2C2HF3O2/c1-23-10-3-5-19(23)16-24-11-6-21(7-12-24)8-13-25(17-21)20(26)14-18-4-2-9-22-15-18;2*3-2(4,5)1(6)7/h2-5,9-10,15H,6-8,11-14,16-17H2,1H3;2*(H,6,7). The number of carbonyl (C=O) groups is 3. The maximum Gasteiger partial charge on any atom is 0.490 e. The fourth-order valence-electron chi connectivity index (χ4n) is 4.42. The van der Waals surface area contributed by atoms with E-state index in [4.69, 9.17) is 19.8 Å². The maximum absolute atomic E-state index is 12.6. The summed E-state index contributed by atoms with van der Waals surface area (Å²) in [4.78, 5) is 39.2. The first-order chi connectivity index (χ1) is 18.5. The zero-order chi connectivity index (χ0) is 30.1. The molecule has 0 aliphatic carbocycles. The number of piperidine rings is 1. The van der Waals surface area contributed by atoms with Crippen LogP contribution in [0.1, 0.15) is 30.5 Å². The summed E-state index contributed by atoms with van der Waals surface area (Å²) >= 11 is 0. The number of carboxylic acids is 2. The minimum Gasteiger partial charge on any atom is -0.475 e. The quantitative estimate of drug-likeness (QED) is 0.530. The highest BCUT2D eigenvalue weighted by Crippen LogP contribution is 2.40. The number of aliphatic carboxylic acids is 2. The lowest BCUT2D eigenvalue weighted by molar-refractivity contribution is -0.193. The van der Waals surface area contributed by atoms with Gasteiger partial charge in [-0.1, -0.05) is 6.07 Å². The molecular formula is C25H30F6N4O5. The summed E-state index contributed by atoms with van der Waals surface area (Å²) in [6.07, 6.45) is -0.465. The number of aryl methyl sites for hydroxylation is 1. The number of carboxylic acid groups (broad SMARTS) is 2. The van der Waals surface area contributed by atoms with Crippen molar-refractivity contribution in [1.82, 2.24) is 19.4 Å². The molecule has 1 spiro atoms. The van der Waals surface area contributed by atoms with Crippen LogP contribution in [0.5, 0.6) is 0 Å². The van der Waals surface area contributed by atoms with Crippen LogP contribution in [0.2, 0.25) is 0 Å². The number of aromatic nitrogens is 2. The molecule has 2 saturated heterocycles. The van der Waals surface area contributed by atoms with Crippen LogP contribution in [0, 0.1) is 5.41 Å². The highest BCUT2D eigenvalue weighted by molar-refractivity contribution is 5.79. The van der Waals surface area contributed by atoms with Crippen molar-refractivity contribution in [3.8, 4) is 0 Å². The number of alkyl halides is 6. The van der Waals surface area contributed by atoms with Gasteiger partial charge in [0.05, 0.1) is 6.42 Å². The summed E-state index contributed by atoms with van der Waals surface area (Å²) in [6.45, 7) is 5.15. The average molecular weight is 581 g/mol. The van der Waals surface area contributed by atoms with Crippen LogP contribution in [0.3, 0.4) is 0 Å². The number of halogens is 6. The molecule has 2 aromatic heterocycles. The van der Waals surface area contributed by atoms with Gasteiger partial charge in [0.25, 0.3) is 0 Å². The molecule has 2 aliphatic heterocycles. The number of hydrogen-bond acceptors (Lipinski definition) is 5. The third-order valence-corrected chi connectivity index (χ3v) is 6.71. The molecule has 222 valence electrons. The molecular weight excluding hydrogens is 550 g/mol. The molecule has 0 saturated carbocycles. The number of pyridine rings is 1. The van der Waals surface area contributed by atoms with Gasteiger partial charge < -0.3 is 19.7 Å². The number of rotatable bonds is 4. The van der Waals surface area contributed by atoms with Gasteiger partial charge in [-0.2, -0.15) is 26.3 Å². The van der Waals surface area contributed by atoms with E-state index in [1.807, 2.05) is 12.1 Å². The van der Waals surface area contributed by atoms with Gasteiger partial charge in [-0.25, -0.2) is 9.59 Å². The Bertz CT molecular complexity index is 1100. The summed E-state index contributed by atoms with van der Waals surface area (Å²) in [5, 5.41) is 14.2. The third kappa shape index (κ3) is 10.2. The Hall–Kier alpha value is -3.62. The van der Waals surface area contributed by atoms with Crippen molar-refractivity contribution < 1.29 is 50.9 Å². The summed E-state index contributed by atoms with van der Waals surface area (Å²) in [5.74, 6) is -5.26. The SMILES string of the molecule is Cn1cccc1CN1CCC2(CC1)CCN(C(=O)Cc1cccnc1)C2.O=C(O)C(F)(F)F.O=C(O)C(F)(F)F. The van der Waals surface area contributed by atoms with E-state index in [1.165, 1.54) is 18.5 Å². The Morgan fingerprint density at radius 1 is 0.925 bits per heavy atom. The van der Waals surface area contributed by atoms with E-state index in [0.29, 0.717) is 11.8 Å². The monoisotopic (exact) mass is 580 g/mol. The van der Waals surface area contributed by atoms with E-state index in [9.17, 15) is 31.1 Å². The highest BCUT2D eigenvalue weighted by Gasteiger charge is 2.42. The number of nitrogens with zero attached hydrogens (tertiary/aromatic N) is 4. The van der Waals surface area contributed by atoms with E-state index >= 15 is 0 Å². The molecule has 15 heteroatoms. The fourth-order valence-corrected chi connectivity index (χ4v) is 4.42. The Morgan fingerprint density at radius 3 is 1.93 bits per heavy atom. The van der Waals surface area contributed by atoms with Crippen LogP contribution < -0.4 is 0 Å². The lowest BCUT2D eigenvalue weighted by Crippen LogP contribution is -2.42. The fraction of sp³-hybridized carbons (Fsp3) is 0.520. The van der Waals surface area contributed by atoms with Crippen molar-refractivity contribution in [3.05, 3.63) is 54.1 Å². The van der Waals surface area contributed by atoms with Crippen molar-refractivity contribution in [2.75, 3.05) is 26.2 Å². The van der Waals surface area contributed by atoms with Crippen molar-refractivity contribution >= 4 is 17.8 Å². The maximum atomic E-state index is 12.6. The number of likely N-dealkylation sites (tertiary alicyclic amines) is 2. The van der Waals surface area contributed by atoms with E-state index in [-0.39, 0.29) is 5.91 Å². The molecule has 40 heavy (non-hydrogen) atoms. The van der Waals surface area contributed by atoms with Crippen LogP contribution in [-0.4, -0.2) is 85.9 Å². The molecule has 0 aromatic carbocycles. The summed E-state index contributed by atoms with van der Waals surface area (Å²) in [7, 11) is 2.11. The molecule has 2 aliphatic rings. The van der Waals surface area contributed by atoms with Crippen molar-refractivity contribution in [2.45, 2.75) is 44.6 Å². The largest absolute Gasteiger partial charge is 0.490 e. The van der Waals surface area contributed by atoms with Crippen LogP contribution in [0.15, 0.2) is 42.9 Å². The summed E-state index contributed by atoms with van der Waals surface area (Å²) in [6, 6.07) is 8.21. The zero-order valence-electron chi connectivity index (χ0n) is 21.6. The smallest absolute Gasteiger partial charge is 0.475 e. The molecule has 2 N–H and O–H groups in total. The van der Waals surface area contributed by atoms with Crippen molar-refractivity contribution in [1.29, 1.82) is 0 Å². The van der Waals surface area contributed by atoms with E-state index in [2.05, 4.69) is 44.7 Å². The minimum absolute atomic E-state index is 0.251.